The minimum atomic E-state index is -0.0647. The molecule has 1 amide bonds. The van der Waals surface area contributed by atoms with Crippen molar-refractivity contribution >= 4 is 23.2 Å². The molecule has 7 heteroatoms. The van der Waals surface area contributed by atoms with Crippen molar-refractivity contribution in [3.8, 4) is 0 Å². The van der Waals surface area contributed by atoms with E-state index in [2.05, 4.69) is 46.7 Å². The van der Waals surface area contributed by atoms with Gasteiger partial charge in [0, 0.05) is 19.1 Å². The predicted octanol–water partition coefficient (Wildman–Crippen LogP) is 2.95. The monoisotopic (exact) mass is 379 g/mol. The second-order valence-corrected chi connectivity index (χ2v) is 8.14. The maximum atomic E-state index is 12.1. The molecule has 1 fully saturated rings. The summed E-state index contributed by atoms with van der Waals surface area (Å²) < 4.78 is 0. The number of nitrogens with one attached hydrogen (secondary N) is 3. The second-order valence-electron chi connectivity index (χ2n) is 7.28. The number of thiazole rings is 1. The summed E-state index contributed by atoms with van der Waals surface area (Å²) in [4.78, 5) is 21.5. The molecule has 0 saturated heterocycles. The highest BCUT2D eigenvalue weighted by Gasteiger charge is 2.23. The summed E-state index contributed by atoms with van der Waals surface area (Å²) in [6.45, 7) is 10.5. The first kappa shape index (κ1) is 20.7. The second kappa shape index (κ2) is 10.5. The van der Waals surface area contributed by atoms with Gasteiger partial charge in [-0.1, -0.05) is 13.8 Å². The molecule has 0 aromatic carbocycles. The van der Waals surface area contributed by atoms with Crippen LogP contribution in [0.3, 0.4) is 0 Å². The number of hydrogen-bond acceptors (Lipinski definition) is 4. The van der Waals surface area contributed by atoms with Crippen molar-refractivity contribution in [1.29, 1.82) is 0 Å². The Morgan fingerprint density at radius 3 is 2.62 bits per heavy atom. The topological polar surface area (TPSA) is 78.4 Å². The van der Waals surface area contributed by atoms with E-state index in [-0.39, 0.29) is 5.91 Å². The number of carbonyl (C=O) groups excluding carboxylic acids is 1. The Bertz CT molecular complexity index is 591. The van der Waals surface area contributed by atoms with Crippen LogP contribution in [0.5, 0.6) is 0 Å². The highest BCUT2D eigenvalue weighted by atomic mass is 32.1. The number of aryl methyl sites for hydroxylation is 1. The zero-order chi connectivity index (χ0) is 18.9. The fraction of sp³-hybridized carbons (Fsp3) is 0.737. The highest BCUT2D eigenvalue weighted by molar-refractivity contribution is 7.11. The normalized spacial score (nSPS) is 20.9. The number of guanidine groups is 1. The van der Waals surface area contributed by atoms with E-state index in [0.717, 1.165) is 30.0 Å². The molecule has 2 rings (SSSR count). The van der Waals surface area contributed by atoms with Gasteiger partial charge in [0.1, 0.15) is 4.88 Å². The van der Waals surface area contributed by atoms with Crippen molar-refractivity contribution < 1.29 is 4.79 Å². The molecule has 26 heavy (non-hydrogen) atoms. The standard InChI is InChI=1S/C19H33N5OS/c1-5-20-19(24-16-8-6-15(7-9-16)13(2)3)22-11-10-21-18(25)17-14(4)23-12-26-17/h12-13,15-16H,5-11H2,1-4H3,(H,21,25)(H2,20,22,24). The fourth-order valence-corrected chi connectivity index (χ4v) is 4.10. The molecule has 1 heterocycles. The lowest BCUT2D eigenvalue weighted by Crippen LogP contribution is -2.45. The molecule has 3 N–H and O–H groups in total. The van der Waals surface area contributed by atoms with Gasteiger partial charge in [-0.2, -0.15) is 0 Å². The molecule has 0 bridgehead atoms. The number of aliphatic imine (C=N–C) groups is 1. The van der Waals surface area contributed by atoms with E-state index in [1.807, 2.05) is 6.92 Å². The molecule has 0 unspecified atom stereocenters. The molecule has 1 saturated carbocycles. The van der Waals surface area contributed by atoms with Gasteiger partial charge in [0.15, 0.2) is 5.96 Å². The van der Waals surface area contributed by atoms with Gasteiger partial charge < -0.3 is 16.0 Å². The van der Waals surface area contributed by atoms with Crippen LogP contribution >= 0.6 is 11.3 Å². The third kappa shape index (κ3) is 6.27. The smallest absolute Gasteiger partial charge is 0.263 e. The van der Waals surface area contributed by atoms with Gasteiger partial charge in [0.05, 0.1) is 17.7 Å². The predicted molar refractivity (Wildman–Crippen MR) is 109 cm³/mol. The Morgan fingerprint density at radius 1 is 1.31 bits per heavy atom. The lowest BCUT2D eigenvalue weighted by Gasteiger charge is -2.32. The number of rotatable bonds is 7. The largest absolute Gasteiger partial charge is 0.357 e. The van der Waals surface area contributed by atoms with Crippen LogP contribution in [-0.2, 0) is 0 Å². The maximum absolute atomic E-state index is 12.1. The third-order valence-corrected chi connectivity index (χ3v) is 5.95. The summed E-state index contributed by atoms with van der Waals surface area (Å²) in [5.41, 5.74) is 2.48. The molecule has 0 spiro atoms. The van der Waals surface area contributed by atoms with E-state index in [1.165, 1.54) is 37.0 Å². The van der Waals surface area contributed by atoms with E-state index < -0.39 is 0 Å². The number of carbonyl (C=O) groups is 1. The lowest BCUT2D eigenvalue weighted by molar-refractivity contribution is 0.0958. The van der Waals surface area contributed by atoms with Crippen LogP contribution in [0.25, 0.3) is 0 Å². The van der Waals surface area contributed by atoms with Gasteiger partial charge in [-0.3, -0.25) is 9.79 Å². The molecule has 146 valence electrons. The first-order valence-electron chi connectivity index (χ1n) is 9.74. The summed E-state index contributed by atoms with van der Waals surface area (Å²) >= 11 is 1.37. The summed E-state index contributed by atoms with van der Waals surface area (Å²) in [5.74, 6) is 2.43. The molecule has 0 atom stereocenters. The summed E-state index contributed by atoms with van der Waals surface area (Å²) in [6, 6.07) is 0.497. The van der Waals surface area contributed by atoms with Crippen LogP contribution in [0.15, 0.2) is 10.5 Å². The summed E-state index contributed by atoms with van der Waals surface area (Å²) in [7, 11) is 0. The fourth-order valence-electron chi connectivity index (χ4n) is 3.38. The van der Waals surface area contributed by atoms with E-state index in [4.69, 9.17) is 0 Å². The minimum absolute atomic E-state index is 0.0647. The number of amides is 1. The Balaban J connectivity index is 1.76. The highest BCUT2D eigenvalue weighted by Crippen LogP contribution is 2.29. The molecule has 6 nitrogen and oxygen atoms in total. The zero-order valence-electron chi connectivity index (χ0n) is 16.5. The van der Waals surface area contributed by atoms with E-state index >= 15 is 0 Å². The van der Waals surface area contributed by atoms with Gasteiger partial charge in [-0.05, 0) is 51.4 Å². The number of aromatic nitrogens is 1. The molecule has 1 aliphatic carbocycles. The van der Waals surface area contributed by atoms with Gasteiger partial charge in [-0.15, -0.1) is 11.3 Å². The first-order valence-corrected chi connectivity index (χ1v) is 10.6. The van der Waals surface area contributed by atoms with Crippen LogP contribution in [0.2, 0.25) is 0 Å². The van der Waals surface area contributed by atoms with Gasteiger partial charge in [-0.25, -0.2) is 4.98 Å². The Labute approximate surface area is 161 Å². The van der Waals surface area contributed by atoms with Gasteiger partial charge in [0.25, 0.3) is 5.91 Å². The molecule has 0 aliphatic heterocycles. The number of nitrogens with zero attached hydrogens (tertiary/aromatic N) is 2. The Hall–Kier alpha value is -1.63. The maximum Gasteiger partial charge on any atom is 0.263 e. The van der Waals surface area contributed by atoms with E-state index in [1.54, 1.807) is 5.51 Å². The Kier molecular flexibility index (Phi) is 8.35. The molecular formula is C19H33N5OS. The van der Waals surface area contributed by atoms with Crippen LogP contribution in [-0.4, -0.2) is 42.5 Å². The first-order chi connectivity index (χ1) is 12.5. The lowest BCUT2D eigenvalue weighted by atomic mass is 9.80. The van der Waals surface area contributed by atoms with Crippen molar-refractivity contribution in [1.82, 2.24) is 20.9 Å². The van der Waals surface area contributed by atoms with Gasteiger partial charge >= 0.3 is 0 Å². The summed E-state index contributed by atoms with van der Waals surface area (Å²) in [6.07, 6.45) is 4.99. The molecule has 1 aromatic heterocycles. The van der Waals surface area contributed by atoms with Crippen molar-refractivity contribution in [2.45, 2.75) is 59.4 Å². The average Bonchev–Trinajstić information content (AvgIpc) is 3.05. The van der Waals surface area contributed by atoms with E-state index in [9.17, 15) is 4.79 Å². The summed E-state index contributed by atoms with van der Waals surface area (Å²) in [5, 5.41) is 9.78. The van der Waals surface area contributed by atoms with Crippen LogP contribution in [0.4, 0.5) is 0 Å². The van der Waals surface area contributed by atoms with Gasteiger partial charge in [0.2, 0.25) is 0 Å². The van der Waals surface area contributed by atoms with E-state index in [0.29, 0.717) is 24.0 Å². The molecule has 0 radical (unpaired) electrons. The van der Waals surface area contributed by atoms with Crippen molar-refractivity contribution in [2.24, 2.45) is 16.8 Å². The van der Waals surface area contributed by atoms with Crippen LogP contribution < -0.4 is 16.0 Å². The molecule has 1 aromatic rings. The third-order valence-electron chi connectivity index (χ3n) is 5.02. The van der Waals surface area contributed by atoms with Crippen LogP contribution in [0, 0.1) is 18.8 Å². The quantitative estimate of drug-likeness (QED) is 0.387. The minimum Gasteiger partial charge on any atom is -0.357 e. The van der Waals surface area contributed by atoms with Crippen LogP contribution in [0.1, 0.15) is 61.8 Å². The Morgan fingerprint density at radius 2 is 2.04 bits per heavy atom. The van der Waals surface area contributed by atoms with Crippen molar-refractivity contribution in [3.05, 3.63) is 16.1 Å². The SMILES string of the molecule is CCNC(=NCCNC(=O)c1scnc1C)NC1CCC(C(C)C)CC1. The molecular weight excluding hydrogens is 346 g/mol. The van der Waals surface area contributed by atoms with Crippen molar-refractivity contribution in [2.75, 3.05) is 19.6 Å². The molecule has 1 aliphatic rings. The van der Waals surface area contributed by atoms with Crippen molar-refractivity contribution in [3.63, 3.8) is 0 Å². The zero-order valence-corrected chi connectivity index (χ0v) is 17.3. The average molecular weight is 380 g/mol. The number of hydrogen-bond donors (Lipinski definition) is 3.